The molecule has 0 bridgehead atoms. The number of hydrogen-bond donors (Lipinski definition) is 0. The predicted molar refractivity (Wildman–Crippen MR) is 162 cm³/mol. The average molecular weight is 600 g/mol. The van der Waals surface area contributed by atoms with Gasteiger partial charge in [0.25, 0.3) is 0 Å². The summed E-state index contributed by atoms with van der Waals surface area (Å²) in [4.78, 5) is 0. The summed E-state index contributed by atoms with van der Waals surface area (Å²) in [6, 6.07) is 22.2. The van der Waals surface area contributed by atoms with E-state index < -0.39 is 26.7 Å². The van der Waals surface area contributed by atoms with Crippen molar-refractivity contribution in [2.45, 2.75) is 111 Å². The molecule has 2 rings (SSSR count). The summed E-state index contributed by atoms with van der Waals surface area (Å²) in [5.41, 5.74) is 0. The predicted octanol–water partition coefficient (Wildman–Crippen LogP) is 8.90. The number of hydrogen-bond acceptors (Lipinski definition) is 1. The van der Waals surface area contributed by atoms with E-state index in [-0.39, 0.29) is 11.1 Å². The molecule has 0 amide bonds. The first kappa shape index (κ1) is 30.4. The summed E-state index contributed by atoms with van der Waals surface area (Å²) in [5.74, 6) is 0. The number of benzene rings is 2. The van der Waals surface area contributed by atoms with Gasteiger partial charge in [-0.15, -0.1) is 0 Å². The third-order valence-corrected chi connectivity index (χ3v) is 26.8. The van der Waals surface area contributed by atoms with Crippen molar-refractivity contribution in [3.63, 3.8) is 0 Å². The zero-order chi connectivity index (χ0) is 25.8. The third-order valence-electron chi connectivity index (χ3n) is 7.58. The molecule has 0 aromatic heterocycles. The van der Waals surface area contributed by atoms with E-state index in [2.05, 4.69) is 119 Å². The van der Waals surface area contributed by atoms with Crippen LogP contribution in [0.3, 0.4) is 0 Å². The van der Waals surface area contributed by atoms with Gasteiger partial charge in [-0.1, -0.05) is 0 Å². The minimum absolute atomic E-state index is 0.0187. The van der Waals surface area contributed by atoms with Gasteiger partial charge in [0.1, 0.15) is 0 Å². The van der Waals surface area contributed by atoms with Gasteiger partial charge in [-0.2, -0.15) is 0 Å². The molecule has 0 N–H and O–H groups in total. The number of unbranched alkanes of at least 4 members (excludes halogenated alkanes) is 3. The first-order chi connectivity index (χ1) is 16.7. The molecular weight excluding hydrogens is 547 g/mol. The van der Waals surface area contributed by atoms with Crippen LogP contribution in [0.2, 0.25) is 18.3 Å². The van der Waals surface area contributed by atoms with Gasteiger partial charge in [-0.25, -0.2) is 0 Å². The Balaban J connectivity index is 2.49. The van der Waals surface area contributed by atoms with Gasteiger partial charge in [0, 0.05) is 0 Å². The molecule has 2 aromatic carbocycles. The van der Waals surface area contributed by atoms with E-state index in [1.165, 1.54) is 62.2 Å². The van der Waals surface area contributed by atoms with Crippen molar-refractivity contribution in [1.82, 2.24) is 0 Å². The van der Waals surface area contributed by atoms with Gasteiger partial charge in [0.2, 0.25) is 0 Å². The maximum atomic E-state index is 7.37. The van der Waals surface area contributed by atoms with Gasteiger partial charge in [0.05, 0.1) is 0 Å². The Morgan fingerprint density at radius 1 is 0.743 bits per heavy atom. The van der Waals surface area contributed by atoms with E-state index in [4.69, 9.17) is 4.43 Å². The molecule has 1 atom stereocenters. The second-order valence-corrected chi connectivity index (χ2v) is 28.8. The van der Waals surface area contributed by atoms with Crippen LogP contribution in [-0.4, -0.2) is 32.8 Å². The van der Waals surface area contributed by atoms with Crippen molar-refractivity contribution in [3.8, 4) is 0 Å². The molecule has 0 heterocycles. The van der Waals surface area contributed by atoms with Gasteiger partial charge in [-0.05, 0) is 0 Å². The molecule has 0 saturated heterocycles. The van der Waals surface area contributed by atoms with Crippen LogP contribution >= 0.6 is 0 Å². The van der Waals surface area contributed by atoms with Crippen LogP contribution in [0.4, 0.5) is 0 Å². The molecule has 1 unspecified atom stereocenters. The van der Waals surface area contributed by atoms with Gasteiger partial charge in [0.15, 0.2) is 0 Å². The van der Waals surface area contributed by atoms with Gasteiger partial charge >= 0.3 is 224 Å². The fourth-order valence-electron chi connectivity index (χ4n) is 5.56. The average Bonchev–Trinajstić information content (AvgIpc) is 2.86. The van der Waals surface area contributed by atoms with Gasteiger partial charge in [-0.3, -0.25) is 0 Å². The fourth-order valence-corrected chi connectivity index (χ4v) is 24.8. The Labute approximate surface area is 222 Å². The summed E-state index contributed by atoms with van der Waals surface area (Å²) >= 11 is -2.35. The summed E-state index contributed by atoms with van der Waals surface area (Å²) in [6.07, 6.45) is 10.8. The van der Waals surface area contributed by atoms with E-state index in [1.807, 2.05) is 0 Å². The van der Waals surface area contributed by atoms with E-state index in [1.54, 1.807) is 0 Å². The van der Waals surface area contributed by atoms with Crippen molar-refractivity contribution >= 4 is 37.1 Å². The van der Waals surface area contributed by atoms with Crippen LogP contribution in [0.5, 0.6) is 0 Å². The Morgan fingerprint density at radius 2 is 1.14 bits per heavy atom. The normalized spacial score (nSPS) is 13.9. The van der Waals surface area contributed by atoms with E-state index in [0.29, 0.717) is 0 Å². The molecule has 0 radical (unpaired) electrons. The summed E-state index contributed by atoms with van der Waals surface area (Å²) in [7, 11) is -2.51. The molecule has 1 nitrogen and oxygen atoms in total. The van der Waals surface area contributed by atoms with Crippen molar-refractivity contribution in [3.05, 3.63) is 70.8 Å². The van der Waals surface area contributed by atoms with Crippen LogP contribution in [0.25, 0.3) is 0 Å². The van der Waals surface area contributed by atoms with E-state index >= 15 is 0 Å². The van der Waals surface area contributed by atoms with E-state index in [0.717, 1.165) is 0 Å². The quantitative estimate of drug-likeness (QED) is 0.186. The Morgan fingerprint density at radius 3 is 1.49 bits per heavy atom. The molecule has 0 aliphatic rings. The standard InChI is InChI=1S/C20H25OSi.3C4H9.Sn/c1-6-17(2)21-22(20(3,4)5,18-13-9-7-10-14-18)19-15-11-8-12-16-19;3*1-3-4-2;/h1,6-17H,2-5H3;3*1,3-4H2,2H3;. The zero-order valence-corrected chi connectivity index (χ0v) is 27.6. The molecule has 0 fully saturated rings. The number of rotatable bonds is 15. The second kappa shape index (κ2) is 14.8. The Kier molecular flexibility index (Phi) is 12.8. The van der Waals surface area contributed by atoms with Crippen LogP contribution in [0, 0.1) is 0 Å². The molecule has 0 aliphatic heterocycles. The molecule has 35 heavy (non-hydrogen) atoms. The first-order valence-corrected chi connectivity index (χ1v) is 23.8. The van der Waals surface area contributed by atoms with Gasteiger partial charge < -0.3 is 0 Å². The van der Waals surface area contributed by atoms with Crippen molar-refractivity contribution in [2.75, 3.05) is 0 Å². The molecule has 0 spiro atoms. The Bertz CT molecular complexity index is 795. The minimum atomic E-state index is -2.51. The fraction of sp³-hybridized carbons (Fsp3) is 0.562. The zero-order valence-electron chi connectivity index (χ0n) is 23.8. The van der Waals surface area contributed by atoms with Crippen molar-refractivity contribution in [2.24, 2.45) is 0 Å². The molecule has 194 valence electrons. The Hall–Kier alpha value is -0.844. The molecule has 0 aliphatic carbocycles. The van der Waals surface area contributed by atoms with Crippen LogP contribution in [-0.2, 0) is 4.43 Å². The third kappa shape index (κ3) is 8.33. The summed E-state index contributed by atoms with van der Waals surface area (Å²) in [6.45, 7) is 16.5. The monoisotopic (exact) mass is 600 g/mol. The maximum absolute atomic E-state index is 7.37. The first-order valence-electron chi connectivity index (χ1n) is 14.2. The summed E-state index contributed by atoms with van der Waals surface area (Å²) in [5, 5.41) is 2.76. The molecule has 3 heteroatoms. The SMILES string of the molecule is CCC[CH2][Sn](/[CH]=C/C(C)O[Si](c1ccccc1)(c1ccccc1)C(C)(C)C)([CH2]CCC)[CH2]CCC. The van der Waals surface area contributed by atoms with Crippen LogP contribution < -0.4 is 10.4 Å². The molecule has 2 aromatic rings. The van der Waals surface area contributed by atoms with Crippen molar-refractivity contribution in [1.29, 1.82) is 0 Å². The van der Waals surface area contributed by atoms with Crippen molar-refractivity contribution < 1.29 is 4.43 Å². The summed E-state index contributed by atoms with van der Waals surface area (Å²) < 4.78 is 14.7. The van der Waals surface area contributed by atoms with Crippen LogP contribution in [0.15, 0.2) is 70.8 Å². The molecule has 0 saturated carbocycles. The van der Waals surface area contributed by atoms with E-state index in [9.17, 15) is 0 Å². The van der Waals surface area contributed by atoms with Crippen LogP contribution in [0.1, 0.15) is 87.0 Å². The second-order valence-electron chi connectivity index (χ2n) is 11.5. The molecular formula is C32H52OSiSn. The topological polar surface area (TPSA) is 9.23 Å².